The largest absolute Gasteiger partial charge is 0.467 e. The van der Waals surface area contributed by atoms with E-state index in [-0.39, 0.29) is 32.0 Å². The maximum Gasteiger partial charge on any atom is 0.345 e. The fourth-order valence-electron chi connectivity index (χ4n) is 3.26. The number of hydrogen-bond donors (Lipinski definition) is 0. The molecule has 2 aliphatic heterocycles. The lowest BCUT2D eigenvalue weighted by Gasteiger charge is -2.25. The number of carbonyl (C=O) groups excluding carboxylic acids is 3. The molecule has 3 heterocycles. The molecule has 8 nitrogen and oxygen atoms in total. The van der Waals surface area contributed by atoms with Gasteiger partial charge in [0.25, 0.3) is 5.91 Å². The van der Waals surface area contributed by atoms with Crippen molar-refractivity contribution in [3.63, 3.8) is 0 Å². The first kappa shape index (κ1) is 19.6. The van der Waals surface area contributed by atoms with Gasteiger partial charge in [-0.2, -0.15) is 8.78 Å². The molecule has 0 unspecified atom stereocenters. The van der Waals surface area contributed by atoms with Crippen molar-refractivity contribution in [3.8, 4) is 0 Å². The number of pyridine rings is 1. The standard InChI is InChI=1S/C16H16BrF2N3O5/c1-26-15(25)12-3-9(27-16(18)19)5-22(12)13(23)7-21-6-11-10(14(21)24)2-8(17)4-20-11/h2,4,9,12,16H,3,5-7H2,1H3/t9-,12+/m1/s1. The molecule has 0 spiro atoms. The van der Waals surface area contributed by atoms with Crippen LogP contribution in [0, 0.1) is 0 Å². The molecule has 0 radical (unpaired) electrons. The third-order valence-corrected chi connectivity index (χ3v) is 4.91. The number of halogens is 3. The molecule has 1 fully saturated rings. The average Bonchev–Trinajstić information content (AvgIpc) is 3.16. The Morgan fingerprint density at radius 3 is 2.85 bits per heavy atom. The van der Waals surface area contributed by atoms with Gasteiger partial charge in [-0.3, -0.25) is 14.6 Å². The minimum absolute atomic E-state index is 0.0918. The first-order valence-corrected chi connectivity index (χ1v) is 8.84. The van der Waals surface area contributed by atoms with Gasteiger partial charge in [-0.1, -0.05) is 0 Å². The highest BCUT2D eigenvalue weighted by atomic mass is 79.9. The zero-order chi connectivity index (χ0) is 19.7. The summed E-state index contributed by atoms with van der Waals surface area (Å²) in [7, 11) is 1.15. The van der Waals surface area contributed by atoms with Crippen molar-refractivity contribution < 1.29 is 32.6 Å². The molecule has 1 saturated heterocycles. The van der Waals surface area contributed by atoms with Crippen LogP contribution < -0.4 is 0 Å². The Labute approximate surface area is 161 Å². The predicted octanol–water partition coefficient (Wildman–Crippen LogP) is 1.18. The van der Waals surface area contributed by atoms with Gasteiger partial charge in [-0.05, 0) is 22.0 Å². The number of ether oxygens (including phenoxy) is 2. The monoisotopic (exact) mass is 447 g/mol. The molecule has 2 atom stereocenters. The van der Waals surface area contributed by atoms with E-state index in [1.807, 2.05) is 0 Å². The number of hydrogen-bond acceptors (Lipinski definition) is 6. The summed E-state index contributed by atoms with van der Waals surface area (Å²) in [5.74, 6) is -1.63. The van der Waals surface area contributed by atoms with E-state index in [1.54, 1.807) is 12.3 Å². The van der Waals surface area contributed by atoms with Crippen molar-refractivity contribution in [1.82, 2.24) is 14.8 Å². The third kappa shape index (κ3) is 4.08. The smallest absolute Gasteiger partial charge is 0.345 e. The van der Waals surface area contributed by atoms with Gasteiger partial charge in [0, 0.05) is 23.6 Å². The summed E-state index contributed by atoms with van der Waals surface area (Å²) >= 11 is 3.24. The van der Waals surface area contributed by atoms with Gasteiger partial charge in [-0.15, -0.1) is 0 Å². The molecule has 146 valence electrons. The molecule has 27 heavy (non-hydrogen) atoms. The van der Waals surface area contributed by atoms with Gasteiger partial charge in [0.2, 0.25) is 5.91 Å². The zero-order valence-electron chi connectivity index (χ0n) is 14.2. The quantitative estimate of drug-likeness (QED) is 0.629. The topological polar surface area (TPSA) is 89.0 Å². The Bertz CT molecular complexity index is 778. The highest BCUT2D eigenvalue weighted by Crippen LogP contribution is 2.26. The average molecular weight is 448 g/mol. The summed E-state index contributed by atoms with van der Waals surface area (Å²) in [5.41, 5.74) is 0.933. The van der Waals surface area contributed by atoms with Crippen LogP contribution in [0.4, 0.5) is 8.78 Å². The van der Waals surface area contributed by atoms with Gasteiger partial charge in [0.1, 0.15) is 12.6 Å². The van der Waals surface area contributed by atoms with Crippen molar-refractivity contribution in [2.45, 2.75) is 31.7 Å². The van der Waals surface area contributed by atoms with E-state index in [4.69, 9.17) is 0 Å². The Hall–Kier alpha value is -2.14. The van der Waals surface area contributed by atoms with Crippen molar-refractivity contribution in [3.05, 3.63) is 28.0 Å². The number of fused-ring (bicyclic) bond motifs is 1. The molecule has 1 aromatic rings. The van der Waals surface area contributed by atoms with Crippen LogP contribution in [0.15, 0.2) is 16.7 Å². The van der Waals surface area contributed by atoms with Crippen molar-refractivity contribution in [2.75, 3.05) is 20.2 Å². The maximum atomic E-state index is 12.7. The van der Waals surface area contributed by atoms with Gasteiger partial charge in [0.05, 0.1) is 31.0 Å². The number of rotatable bonds is 5. The highest BCUT2D eigenvalue weighted by Gasteiger charge is 2.43. The second-order valence-electron chi connectivity index (χ2n) is 6.15. The van der Waals surface area contributed by atoms with Gasteiger partial charge >= 0.3 is 12.6 Å². The van der Waals surface area contributed by atoms with Crippen molar-refractivity contribution in [1.29, 1.82) is 0 Å². The lowest BCUT2D eigenvalue weighted by molar-refractivity contribution is -0.160. The molecule has 0 bridgehead atoms. The number of likely N-dealkylation sites (tertiary alicyclic amines) is 1. The van der Waals surface area contributed by atoms with Gasteiger partial charge in [0.15, 0.2) is 0 Å². The van der Waals surface area contributed by atoms with Crippen LogP contribution >= 0.6 is 15.9 Å². The van der Waals surface area contributed by atoms with Crippen LogP contribution in [0.5, 0.6) is 0 Å². The van der Waals surface area contributed by atoms with E-state index < -0.39 is 30.6 Å². The minimum atomic E-state index is -3.01. The summed E-state index contributed by atoms with van der Waals surface area (Å²) in [5, 5.41) is 0. The number of esters is 1. The molecular formula is C16H16BrF2N3O5. The Balaban J connectivity index is 1.71. The van der Waals surface area contributed by atoms with E-state index in [0.29, 0.717) is 15.7 Å². The van der Waals surface area contributed by atoms with E-state index in [2.05, 4.69) is 30.4 Å². The summed E-state index contributed by atoms with van der Waals surface area (Å²) in [6, 6.07) is 0.591. The van der Waals surface area contributed by atoms with Crippen LogP contribution in [0.2, 0.25) is 0 Å². The summed E-state index contributed by atoms with van der Waals surface area (Å²) in [6.07, 6.45) is 0.477. The summed E-state index contributed by atoms with van der Waals surface area (Å²) < 4.78 is 34.7. The zero-order valence-corrected chi connectivity index (χ0v) is 15.8. The van der Waals surface area contributed by atoms with E-state index >= 15 is 0 Å². The van der Waals surface area contributed by atoms with Crippen molar-refractivity contribution in [2.24, 2.45) is 0 Å². The first-order chi connectivity index (χ1) is 12.8. The second kappa shape index (κ2) is 7.85. The molecule has 2 aliphatic rings. The van der Waals surface area contributed by atoms with Gasteiger partial charge in [-0.25, -0.2) is 4.79 Å². The molecule has 3 rings (SSSR count). The number of aromatic nitrogens is 1. The maximum absolute atomic E-state index is 12.7. The van der Waals surface area contributed by atoms with E-state index in [9.17, 15) is 23.2 Å². The Morgan fingerprint density at radius 2 is 2.19 bits per heavy atom. The molecule has 0 aliphatic carbocycles. The molecule has 1 aromatic heterocycles. The van der Waals surface area contributed by atoms with Crippen LogP contribution in [-0.4, -0.2) is 71.5 Å². The fraction of sp³-hybridized carbons (Fsp3) is 0.500. The lowest BCUT2D eigenvalue weighted by atomic mass is 10.2. The summed E-state index contributed by atoms with van der Waals surface area (Å²) in [6.45, 7) is -3.34. The molecule has 2 amide bonds. The molecule has 0 aromatic carbocycles. The SMILES string of the molecule is COC(=O)[C@@H]1C[C@@H](OC(F)F)CN1C(=O)CN1Cc2ncc(Br)cc2C1=O. The molecular weight excluding hydrogens is 432 g/mol. The summed E-state index contributed by atoms with van der Waals surface area (Å²) in [4.78, 5) is 43.6. The Kier molecular flexibility index (Phi) is 5.70. The number of carbonyl (C=O) groups is 3. The second-order valence-corrected chi connectivity index (χ2v) is 7.06. The van der Waals surface area contributed by atoms with Crippen molar-refractivity contribution >= 4 is 33.7 Å². The van der Waals surface area contributed by atoms with Gasteiger partial charge < -0.3 is 19.3 Å². The van der Waals surface area contributed by atoms with Crippen LogP contribution in [0.3, 0.4) is 0 Å². The predicted molar refractivity (Wildman–Crippen MR) is 89.7 cm³/mol. The number of alkyl halides is 2. The van der Waals surface area contributed by atoms with E-state index in [1.165, 1.54) is 4.90 Å². The molecule has 0 N–H and O–H groups in total. The molecule has 0 saturated carbocycles. The highest BCUT2D eigenvalue weighted by molar-refractivity contribution is 9.10. The Morgan fingerprint density at radius 1 is 1.44 bits per heavy atom. The van der Waals surface area contributed by atoms with E-state index in [0.717, 1.165) is 12.0 Å². The number of nitrogens with zero attached hydrogens (tertiary/aromatic N) is 3. The number of methoxy groups -OCH3 is 1. The first-order valence-electron chi connectivity index (χ1n) is 8.04. The third-order valence-electron chi connectivity index (χ3n) is 4.47. The molecule has 11 heteroatoms. The number of amides is 2. The fourth-order valence-corrected chi connectivity index (χ4v) is 3.59. The van der Waals surface area contributed by atoms with Crippen LogP contribution in [0.25, 0.3) is 0 Å². The van der Waals surface area contributed by atoms with Crippen LogP contribution in [-0.2, 0) is 25.6 Å². The normalized spacial score (nSPS) is 21.7. The lowest BCUT2D eigenvalue weighted by Crippen LogP contribution is -2.46. The van der Waals surface area contributed by atoms with Crippen LogP contribution in [0.1, 0.15) is 22.5 Å². The minimum Gasteiger partial charge on any atom is -0.467 e.